The van der Waals surface area contributed by atoms with E-state index < -0.39 is 6.17 Å². The number of aromatic nitrogens is 6. The molecule has 0 saturated carbocycles. The number of hydrogen-bond donors (Lipinski definition) is 2. The summed E-state index contributed by atoms with van der Waals surface area (Å²) in [5, 5.41) is 26.5. The van der Waals surface area contributed by atoms with Gasteiger partial charge in [-0.1, -0.05) is 6.07 Å². The number of hydrogen-bond acceptors (Lipinski definition) is 8. The number of piperidine rings is 1. The highest BCUT2D eigenvalue weighted by Gasteiger charge is 2.43. The summed E-state index contributed by atoms with van der Waals surface area (Å²) in [6.45, 7) is 0. The van der Waals surface area contributed by atoms with Crippen LogP contribution in [0.1, 0.15) is 19.3 Å². The quantitative estimate of drug-likeness (QED) is 0.670. The fourth-order valence-corrected chi connectivity index (χ4v) is 4.40. The number of phenols is 1. The van der Waals surface area contributed by atoms with E-state index in [0.29, 0.717) is 34.6 Å². The third-order valence-corrected chi connectivity index (χ3v) is 6.06. The minimum Gasteiger partial charge on any atom is -0.507 e. The first-order valence-corrected chi connectivity index (χ1v) is 10.0. The van der Waals surface area contributed by atoms with Gasteiger partial charge in [0.2, 0.25) is 0 Å². The van der Waals surface area contributed by atoms with Crippen molar-refractivity contribution in [2.45, 2.75) is 43.6 Å². The van der Waals surface area contributed by atoms with Crippen LogP contribution in [0, 0.1) is 0 Å². The summed E-state index contributed by atoms with van der Waals surface area (Å²) in [6, 6.07) is 5.12. The van der Waals surface area contributed by atoms with E-state index in [9.17, 15) is 9.50 Å². The molecule has 2 bridgehead atoms. The summed E-state index contributed by atoms with van der Waals surface area (Å²) >= 11 is 0. The van der Waals surface area contributed by atoms with Crippen molar-refractivity contribution in [1.82, 2.24) is 35.3 Å². The number of fused-ring (bicyclic) bond motifs is 2. The molecule has 4 atom stereocenters. The maximum atomic E-state index is 14.8. The van der Waals surface area contributed by atoms with Gasteiger partial charge in [-0.25, -0.2) is 14.4 Å². The molecule has 3 aromatic rings. The van der Waals surface area contributed by atoms with E-state index >= 15 is 0 Å². The first-order chi connectivity index (χ1) is 14.5. The molecule has 10 heteroatoms. The zero-order valence-corrected chi connectivity index (χ0v) is 16.8. The zero-order chi connectivity index (χ0) is 20.8. The van der Waals surface area contributed by atoms with Crippen LogP contribution in [-0.2, 0) is 7.05 Å². The summed E-state index contributed by atoms with van der Waals surface area (Å²) in [7, 11) is 3.61. The number of phenolic OH excluding ortho intramolecular Hbond substituents is 1. The van der Waals surface area contributed by atoms with Crippen LogP contribution in [0.5, 0.6) is 5.75 Å². The molecule has 0 aliphatic carbocycles. The number of aromatic hydroxyl groups is 1. The normalized spacial score (nSPS) is 25.4. The first-order valence-electron chi connectivity index (χ1n) is 10.0. The van der Waals surface area contributed by atoms with Crippen molar-refractivity contribution in [2.24, 2.45) is 7.05 Å². The number of benzene rings is 1. The molecule has 156 valence electrons. The summed E-state index contributed by atoms with van der Waals surface area (Å²) in [4.78, 5) is 10.4. The standard InChI is InChI=1S/C20H23FN8O/c1-28-10-23-19(27-28)11-3-5-13(16(30)7-11)20-22-9-17(25-26-20)29(2)15-8-12-4-6-14(24-12)18(15)21/h3,5,7,9-10,12,14-15,18,24,30H,4,6,8H2,1-2H3/t12-,14-,15+,18-/m0/s1. The first kappa shape index (κ1) is 18.9. The lowest BCUT2D eigenvalue weighted by Gasteiger charge is -2.38. The van der Waals surface area contributed by atoms with Gasteiger partial charge in [0, 0.05) is 31.7 Å². The largest absolute Gasteiger partial charge is 0.507 e. The number of nitrogens with one attached hydrogen (secondary N) is 1. The van der Waals surface area contributed by atoms with E-state index in [1.54, 1.807) is 42.5 Å². The highest BCUT2D eigenvalue weighted by molar-refractivity contribution is 5.70. The molecule has 0 amide bonds. The van der Waals surface area contributed by atoms with Crippen LogP contribution < -0.4 is 10.2 Å². The van der Waals surface area contributed by atoms with Gasteiger partial charge in [-0.15, -0.1) is 10.2 Å². The second kappa shape index (κ2) is 7.28. The van der Waals surface area contributed by atoms with Crippen molar-refractivity contribution >= 4 is 5.82 Å². The van der Waals surface area contributed by atoms with Crippen molar-refractivity contribution in [3.63, 3.8) is 0 Å². The number of nitrogens with zero attached hydrogens (tertiary/aromatic N) is 7. The van der Waals surface area contributed by atoms with Crippen molar-refractivity contribution in [1.29, 1.82) is 0 Å². The highest BCUT2D eigenvalue weighted by Crippen LogP contribution is 2.34. The molecular weight excluding hydrogens is 387 g/mol. The average Bonchev–Trinajstić information content (AvgIpc) is 3.37. The molecule has 2 aromatic heterocycles. The van der Waals surface area contributed by atoms with E-state index in [2.05, 4.69) is 30.6 Å². The summed E-state index contributed by atoms with van der Waals surface area (Å²) in [5.41, 5.74) is 1.15. The molecule has 1 aromatic carbocycles. The lowest BCUT2D eigenvalue weighted by atomic mass is 9.96. The fourth-order valence-electron chi connectivity index (χ4n) is 4.40. The number of rotatable bonds is 4. The van der Waals surface area contributed by atoms with Crippen molar-refractivity contribution in [3.8, 4) is 28.5 Å². The molecule has 2 N–H and O–H groups in total. The maximum absolute atomic E-state index is 14.8. The monoisotopic (exact) mass is 410 g/mol. The van der Waals surface area contributed by atoms with Crippen molar-refractivity contribution < 1.29 is 9.50 Å². The Morgan fingerprint density at radius 2 is 2.07 bits per heavy atom. The summed E-state index contributed by atoms with van der Waals surface area (Å²) < 4.78 is 16.4. The second-order valence-electron chi connectivity index (χ2n) is 8.02. The van der Waals surface area contributed by atoms with Gasteiger partial charge in [-0.05, 0) is 31.4 Å². The Bertz CT molecular complexity index is 1060. The molecule has 9 nitrogen and oxygen atoms in total. The van der Waals surface area contributed by atoms with E-state index in [4.69, 9.17) is 0 Å². The average molecular weight is 410 g/mol. The van der Waals surface area contributed by atoms with Gasteiger partial charge in [-0.3, -0.25) is 4.68 Å². The number of anilines is 1. The Balaban J connectivity index is 1.36. The van der Waals surface area contributed by atoms with Crippen molar-refractivity contribution in [2.75, 3.05) is 11.9 Å². The number of halogens is 1. The van der Waals surface area contributed by atoms with Crippen molar-refractivity contribution in [3.05, 3.63) is 30.7 Å². The predicted molar refractivity (Wildman–Crippen MR) is 109 cm³/mol. The van der Waals surface area contributed by atoms with Crippen LogP contribution in [0.4, 0.5) is 10.2 Å². The van der Waals surface area contributed by atoms with Crippen LogP contribution in [0.2, 0.25) is 0 Å². The van der Waals surface area contributed by atoms with E-state index in [1.165, 1.54) is 0 Å². The Hall–Kier alpha value is -3.14. The molecule has 30 heavy (non-hydrogen) atoms. The highest BCUT2D eigenvalue weighted by atomic mass is 19.1. The molecule has 2 saturated heterocycles. The molecule has 0 unspecified atom stereocenters. The summed E-state index contributed by atoms with van der Waals surface area (Å²) in [5.74, 6) is 1.35. The fraction of sp³-hybridized carbons (Fsp3) is 0.450. The van der Waals surface area contributed by atoms with Gasteiger partial charge >= 0.3 is 0 Å². The topological polar surface area (TPSA) is 105 Å². The van der Waals surface area contributed by atoms with Gasteiger partial charge in [-0.2, -0.15) is 5.10 Å². The lowest BCUT2D eigenvalue weighted by Crippen LogP contribution is -2.55. The molecule has 2 aliphatic heterocycles. The Morgan fingerprint density at radius 1 is 1.20 bits per heavy atom. The lowest BCUT2D eigenvalue weighted by molar-refractivity contribution is 0.176. The summed E-state index contributed by atoms with van der Waals surface area (Å²) in [6.07, 6.45) is 4.85. The van der Waals surface area contributed by atoms with E-state index in [1.807, 2.05) is 11.9 Å². The third kappa shape index (κ3) is 3.26. The molecule has 0 radical (unpaired) electrons. The Labute approximate surface area is 173 Å². The van der Waals surface area contributed by atoms with Gasteiger partial charge in [0.25, 0.3) is 0 Å². The van der Waals surface area contributed by atoms with Gasteiger partial charge in [0.15, 0.2) is 17.5 Å². The minimum atomic E-state index is -0.952. The molecule has 5 rings (SSSR count). The van der Waals surface area contributed by atoms with Gasteiger partial charge < -0.3 is 15.3 Å². The van der Waals surface area contributed by atoms with Crippen LogP contribution in [0.3, 0.4) is 0 Å². The van der Waals surface area contributed by atoms with Crippen LogP contribution in [0.25, 0.3) is 22.8 Å². The zero-order valence-electron chi connectivity index (χ0n) is 16.8. The molecule has 4 heterocycles. The number of aryl methyl sites for hydroxylation is 1. The minimum absolute atomic E-state index is 0.0154. The van der Waals surface area contributed by atoms with Crippen LogP contribution in [0.15, 0.2) is 30.7 Å². The number of alkyl halides is 1. The van der Waals surface area contributed by atoms with Gasteiger partial charge in [0.05, 0.1) is 17.8 Å². The molecular formula is C20H23FN8O. The predicted octanol–water partition coefficient (Wildman–Crippen LogP) is 1.71. The molecule has 2 fully saturated rings. The van der Waals surface area contributed by atoms with Crippen LogP contribution >= 0.6 is 0 Å². The molecule has 0 spiro atoms. The van der Waals surface area contributed by atoms with E-state index in [0.717, 1.165) is 19.3 Å². The second-order valence-corrected chi connectivity index (χ2v) is 8.02. The smallest absolute Gasteiger partial charge is 0.185 e. The SMILES string of the molecule is CN(c1cnc(-c2ccc(-c3ncn(C)n3)cc2O)nn1)[C@@H]1C[C@@H]2CC[C@H](N2)[C@@H]1F. The van der Waals surface area contributed by atoms with Crippen LogP contribution in [-0.4, -0.2) is 66.4 Å². The Morgan fingerprint density at radius 3 is 2.77 bits per heavy atom. The maximum Gasteiger partial charge on any atom is 0.185 e. The Kier molecular flexibility index (Phi) is 4.58. The van der Waals surface area contributed by atoms with E-state index in [-0.39, 0.29) is 17.8 Å². The van der Waals surface area contributed by atoms with Gasteiger partial charge in [0.1, 0.15) is 18.2 Å². The third-order valence-electron chi connectivity index (χ3n) is 6.06. The molecule has 2 aliphatic rings.